The molecule has 4 rings (SSSR count). The molecule has 0 saturated carbocycles. The number of pyridine rings is 1. The van der Waals surface area contributed by atoms with Crippen LogP contribution in [-0.2, 0) is 0 Å². The molecular weight excluding hydrogens is 252 g/mol. The minimum absolute atomic E-state index is 0.0419. The first-order valence-corrected chi connectivity index (χ1v) is 6.86. The molecule has 2 unspecified atom stereocenters. The van der Waals surface area contributed by atoms with Crippen LogP contribution in [0.2, 0.25) is 0 Å². The van der Waals surface area contributed by atoms with Crippen LogP contribution in [0.3, 0.4) is 0 Å². The number of benzene rings is 1. The number of aromatic amines is 1. The maximum absolute atomic E-state index is 12.7. The van der Waals surface area contributed by atoms with E-state index in [0.29, 0.717) is 5.56 Å². The van der Waals surface area contributed by atoms with E-state index in [-0.39, 0.29) is 23.6 Å². The van der Waals surface area contributed by atoms with Gasteiger partial charge in [-0.1, -0.05) is 24.3 Å². The fraction of sp³-hybridized carbons (Fsp3) is 0.250. The predicted molar refractivity (Wildman–Crippen MR) is 74.4 cm³/mol. The van der Waals surface area contributed by atoms with Crippen molar-refractivity contribution in [1.29, 1.82) is 0 Å². The fourth-order valence-corrected chi connectivity index (χ4v) is 3.55. The van der Waals surface area contributed by atoms with Gasteiger partial charge in [0.15, 0.2) is 0 Å². The van der Waals surface area contributed by atoms with Crippen molar-refractivity contribution in [2.75, 3.05) is 0 Å². The molecule has 1 saturated heterocycles. The van der Waals surface area contributed by atoms with E-state index in [1.54, 1.807) is 6.07 Å². The van der Waals surface area contributed by atoms with E-state index in [9.17, 15) is 9.59 Å². The van der Waals surface area contributed by atoms with E-state index in [2.05, 4.69) is 17.1 Å². The molecule has 3 heterocycles. The molecule has 2 aliphatic rings. The SMILES string of the molecule is O=C(c1cc[nH]c(=O)c1)N1C2CCC1c1ccccc12. The third-order valence-electron chi connectivity index (χ3n) is 4.36. The second-order valence-electron chi connectivity index (χ2n) is 5.39. The zero-order valence-corrected chi connectivity index (χ0v) is 10.9. The number of carbonyl (C=O) groups is 1. The molecule has 4 nitrogen and oxygen atoms in total. The van der Waals surface area contributed by atoms with Gasteiger partial charge in [-0.2, -0.15) is 0 Å². The van der Waals surface area contributed by atoms with Crippen molar-refractivity contribution in [3.63, 3.8) is 0 Å². The van der Waals surface area contributed by atoms with Crippen LogP contribution >= 0.6 is 0 Å². The fourth-order valence-electron chi connectivity index (χ4n) is 3.55. The predicted octanol–water partition coefficient (Wildman–Crippen LogP) is 2.41. The van der Waals surface area contributed by atoms with Crippen LogP contribution in [0.4, 0.5) is 0 Å². The summed E-state index contributed by atoms with van der Waals surface area (Å²) in [5.74, 6) is -0.0419. The van der Waals surface area contributed by atoms with Crippen LogP contribution in [-0.4, -0.2) is 15.8 Å². The normalized spacial score (nSPS) is 22.9. The lowest BCUT2D eigenvalue weighted by Crippen LogP contribution is -2.28. The van der Waals surface area contributed by atoms with Crippen LogP contribution in [0.1, 0.15) is 46.4 Å². The van der Waals surface area contributed by atoms with Gasteiger partial charge in [0.25, 0.3) is 5.91 Å². The monoisotopic (exact) mass is 266 g/mol. The highest BCUT2D eigenvalue weighted by atomic mass is 16.2. The van der Waals surface area contributed by atoms with Gasteiger partial charge in [0, 0.05) is 17.8 Å². The molecule has 2 bridgehead atoms. The molecule has 1 N–H and O–H groups in total. The van der Waals surface area contributed by atoms with Crippen molar-refractivity contribution < 1.29 is 4.79 Å². The maximum atomic E-state index is 12.7. The molecule has 0 aliphatic carbocycles. The molecule has 20 heavy (non-hydrogen) atoms. The lowest BCUT2D eigenvalue weighted by Gasteiger charge is -2.22. The summed E-state index contributed by atoms with van der Waals surface area (Å²) in [5.41, 5.74) is 2.77. The van der Waals surface area contributed by atoms with Gasteiger partial charge >= 0.3 is 0 Å². The van der Waals surface area contributed by atoms with Crippen LogP contribution < -0.4 is 5.56 Å². The molecule has 2 aromatic rings. The summed E-state index contributed by atoms with van der Waals surface area (Å²) >= 11 is 0. The number of aromatic nitrogens is 1. The Bertz CT molecular complexity index is 719. The number of carbonyl (C=O) groups excluding carboxylic acids is 1. The average molecular weight is 266 g/mol. The lowest BCUT2D eigenvalue weighted by atomic mass is 9.92. The lowest BCUT2D eigenvalue weighted by molar-refractivity contribution is 0.0696. The highest BCUT2D eigenvalue weighted by molar-refractivity contribution is 5.95. The molecule has 1 aromatic carbocycles. The summed E-state index contributed by atoms with van der Waals surface area (Å²) in [7, 11) is 0. The summed E-state index contributed by atoms with van der Waals surface area (Å²) in [6.07, 6.45) is 3.55. The molecule has 1 aromatic heterocycles. The number of H-pyrrole nitrogens is 1. The van der Waals surface area contributed by atoms with E-state index < -0.39 is 0 Å². The molecular formula is C16H14N2O2. The number of hydrogen-bond acceptors (Lipinski definition) is 2. The average Bonchev–Trinajstić information content (AvgIpc) is 3.03. The van der Waals surface area contributed by atoms with Gasteiger partial charge in [-0.3, -0.25) is 9.59 Å². The van der Waals surface area contributed by atoms with Gasteiger partial charge in [-0.15, -0.1) is 0 Å². The van der Waals surface area contributed by atoms with Gasteiger partial charge in [-0.25, -0.2) is 0 Å². The van der Waals surface area contributed by atoms with Crippen molar-refractivity contribution >= 4 is 5.91 Å². The third-order valence-corrected chi connectivity index (χ3v) is 4.36. The molecule has 1 amide bonds. The largest absolute Gasteiger partial charge is 0.329 e. The van der Waals surface area contributed by atoms with Gasteiger partial charge in [-0.05, 0) is 30.0 Å². The highest BCUT2D eigenvalue weighted by Gasteiger charge is 2.46. The first-order valence-electron chi connectivity index (χ1n) is 6.86. The molecule has 100 valence electrons. The second-order valence-corrected chi connectivity index (χ2v) is 5.39. The Morgan fingerprint density at radius 3 is 2.35 bits per heavy atom. The van der Waals surface area contributed by atoms with Crippen molar-refractivity contribution in [3.05, 3.63) is 69.6 Å². The molecule has 2 atom stereocenters. The summed E-state index contributed by atoms with van der Waals surface area (Å²) < 4.78 is 0. The Hall–Kier alpha value is -2.36. The van der Waals surface area contributed by atoms with Crippen molar-refractivity contribution in [2.24, 2.45) is 0 Å². The Kier molecular flexibility index (Phi) is 2.33. The highest BCUT2D eigenvalue weighted by Crippen LogP contribution is 2.53. The minimum Gasteiger partial charge on any atom is -0.329 e. The zero-order valence-electron chi connectivity index (χ0n) is 10.9. The minimum atomic E-state index is -0.236. The number of hydrogen-bond donors (Lipinski definition) is 1. The number of nitrogens with zero attached hydrogens (tertiary/aromatic N) is 1. The third kappa shape index (κ3) is 1.48. The number of amides is 1. The van der Waals surface area contributed by atoms with Gasteiger partial charge in [0.1, 0.15) is 0 Å². The van der Waals surface area contributed by atoms with Gasteiger partial charge in [0.2, 0.25) is 5.56 Å². The smallest absolute Gasteiger partial charge is 0.255 e. The van der Waals surface area contributed by atoms with Crippen molar-refractivity contribution in [3.8, 4) is 0 Å². The summed E-state index contributed by atoms with van der Waals surface area (Å²) in [6, 6.07) is 11.7. The molecule has 0 spiro atoms. The van der Waals surface area contributed by atoms with E-state index in [1.807, 2.05) is 17.0 Å². The molecule has 1 fully saturated rings. The molecule has 2 aliphatic heterocycles. The Morgan fingerprint density at radius 2 is 1.75 bits per heavy atom. The maximum Gasteiger partial charge on any atom is 0.255 e. The van der Waals surface area contributed by atoms with Gasteiger partial charge in [0.05, 0.1) is 12.1 Å². The van der Waals surface area contributed by atoms with E-state index in [4.69, 9.17) is 0 Å². The second kappa shape index (κ2) is 4.07. The topological polar surface area (TPSA) is 53.2 Å². The van der Waals surface area contributed by atoms with Crippen LogP contribution in [0.15, 0.2) is 47.4 Å². The quantitative estimate of drug-likeness (QED) is 0.861. The first kappa shape index (κ1) is 11.5. The Morgan fingerprint density at radius 1 is 1.10 bits per heavy atom. The summed E-state index contributed by atoms with van der Waals surface area (Å²) in [4.78, 5) is 28.6. The molecule has 0 radical (unpaired) electrons. The first-order chi connectivity index (χ1) is 9.75. The number of fused-ring (bicyclic) bond motifs is 5. The number of nitrogens with one attached hydrogen (secondary N) is 1. The number of rotatable bonds is 1. The summed E-state index contributed by atoms with van der Waals surface area (Å²) in [5, 5.41) is 0. The van der Waals surface area contributed by atoms with Gasteiger partial charge < -0.3 is 9.88 Å². The van der Waals surface area contributed by atoms with Crippen molar-refractivity contribution in [2.45, 2.75) is 24.9 Å². The zero-order chi connectivity index (χ0) is 13.7. The Balaban J connectivity index is 1.75. The van der Waals surface area contributed by atoms with Crippen LogP contribution in [0, 0.1) is 0 Å². The van der Waals surface area contributed by atoms with Crippen LogP contribution in [0.5, 0.6) is 0 Å². The van der Waals surface area contributed by atoms with Crippen LogP contribution in [0.25, 0.3) is 0 Å². The van der Waals surface area contributed by atoms with Crippen molar-refractivity contribution in [1.82, 2.24) is 9.88 Å². The molecule has 4 heteroatoms. The summed E-state index contributed by atoms with van der Waals surface area (Å²) in [6.45, 7) is 0. The van der Waals surface area contributed by atoms with E-state index >= 15 is 0 Å². The van der Waals surface area contributed by atoms with E-state index in [1.165, 1.54) is 23.4 Å². The Labute approximate surface area is 116 Å². The van der Waals surface area contributed by atoms with E-state index in [0.717, 1.165) is 12.8 Å². The standard InChI is InChI=1S/C16H14N2O2/c19-15-9-10(7-8-17-15)16(20)18-13-5-6-14(18)12-4-2-1-3-11(12)13/h1-4,7-9,13-14H,5-6H2,(H,17,19).